The van der Waals surface area contributed by atoms with Crippen molar-refractivity contribution in [1.29, 1.82) is 0 Å². The van der Waals surface area contributed by atoms with E-state index in [1.807, 2.05) is 12.1 Å². The first-order chi connectivity index (χ1) is 13.9. The largest absolute Gasteiger partial charge is 1.00 e. The molecule has 0 aromatic heterocycles. The van der Waals surface area contributed by atoms with Crippen molar-refractivity contribution in [1.82, 2.24) is 0 Å². The van der Waals surface area contributed by atoms with Gasteiger partial charge in [-0.3, -0.25) is 0 Å². The maximum atomic E-state index is 11.3. The van der Waals surface area contributed by atoms with Crippen molar-refractivity contribution in [3.05, 3.63) is 29.3 Å². The second kappa shape index (κ2) is 17.5. The summed E-state index contributed by atoms with van der Waals surface area (Å²) in [6, 6.07) is 6.31. The van der Waals surface area contributed by atoms with E-state index in [4.69, 9.17) is 4.74 Å². The van der Waals surface area contributed by atoms with Crippen molar-refractivity contribution in [2.24, 2.45) is 0 Å². The number of hydrogen-bond acceptors (Lipinski definition) is 4. The van der Waals surface area contributed by atoms with Gasteiger partial charge in [0, 0.05) is 0 Å². The van der Waals surface area contributed by atoms with Gasteiger partial charge in [-0.05, 0) is 55.4 Å². The van der Waals surface area contributed by atoms with Gasteiger partial charge in [-0.2, -0.15) is 0 Å². The second-order valence-electron chi connectivity index (χ2n) is 8.15. The first-order valence-corrected chi connectivity index (χ1v) is 13.1. The Hall–Kier alpha value is -0.0700. The summed E-state index contributed by atoms with van der Waals surface area (Å²) in [6.45, 7) is 6.08. The average Bonchev–Trinajstić information content (AvgIpc) is 2.67. The zero-order valence-electron chi connectivity index (χ0n) is 19.8. The topological polar surface area (TPSA) is 66.4 Å². The minimum Gasteiger partial charge on any atom is -0.748 e. The first kappa shape index (κ1) is 29.9. The van der Waals surface area contributed by atoms with Gasteiger partial charge in [-0.1, -0.05) is 78.2 Å². The fourth-order valence-electron chi connectivity index (χ4n) is 3.56. The Morgan fingerprint density at radius 1 is 0.800 bits per heavy atom. The van der Waals surface area contributed by atoms with Crippen LogP contribution in [0.1, 0.15) is 103 Å². The van der Waals surface area contributed by atoms with E-state index in [1.54, 1.807) is 6.92 Å². The predicted molar refractivity (Wildman–Crippen MR) is 121 cm³/mol. The van der Waals surface area contributed by atoms with Crippen molar-refractivity contribution in [2.45, 2.75) is 109 Å². The normalized spacial score (nSPS) is 12.4. The van der Waals surface area contributed by atoms with E-state index in [-0.39, 0.29) is 42.6 Å². The summed E-state index contributed by atoms with van der Waals surface area (Å²) < 4.78 is 39.8. The van der Waals surface area contributed by atoms with Gasteiger partial charge >= 0.3 is 29.6 Å². The van der Waals surface area contributed by atoms with Crippen molar-refractivity contribution >= 4 is 10.1 Å². The average molecular weight is 449 g/mol. The molecule has 0 aliphatic rings. The molecule has 0 saturated heterocycles. The maximum Gasteiger partial charge on any atom is 1.00 e. The van der Waals surface area contributed by atoms with Crippen LogP contribution in [0.3, 0.4) is 0 Å². The minimum absolute atomic E-state index is 0. The third-order valence-electron chi connectivity index (χ3n) is 5.46. The monoisotopic (exact) mass is 448 g/mol. The molecule has 1 unspecified atom stereocenters. The van der Waals surface area contributed by atoms with Gasteiger partial charge in [0.05, 0.1) is 5.25 Å². The summed E-state index contributed by atoms with van der Waals surface area (Å²) >= 11 is 0. The van der Waals surface area contributed by atoms with Crippen LogP contribution in [-0.2, 0) is 23.0 Å². The molecule has 0 saturated carbocycles. The van der Waals surface area contributed by atoms with Crippen molar-refractivity contribution in [3.63, 3.8) is 0 Å². The Morgan fingerprint density at radius 2 is 1.27 bits per heavy atom. The van der Waals surface area contributed by atoms with Gasteiger partial charge in [0.25, 0.3) is 0 Å². The molecule has 0 aliphatic carbocycles. The Morgan fingerprint density at radius 3 is 1.67 bits per heavy atom. The zero-order valence-corrected chi connectivity index (χ0v) is 22.6. The van der Waals surface area contributed by atoms with E-state index in [2.05, 4.69) is 19.9 Å². The second-order valence-corrected chi connectivity index (χ2v) is 9.80. The van der Waals surface area contributed by atoms with Crippen molar-refractivity contribution < 1.29 is 47.3 Å². The molecule has 1 rings (SSSR count). The van der Waals surface area contributed by atoms with E-state index in [9.17, 15) is 13.0 Å². The van der Waals surface area contributed by atoms with Crippen molar-refractivity contribution in [2.75, 3.05) is 6.61 Å². The minimum atomic E-state index is -4.33. The van der Waals surface area contributed by atoms with Crippen LogP contribution in [0.15, 0.2) is 18.2 Å². The fraction of sp³-hybridized carbons (Fsp3) is 0.750. The standard InChI is InChI=1S/C24H42O4S.Na/c1-4-7-9-11-13-15-21-17-22(16-14-12-10-8-5-2)19-23(18-21)28-20-24(6-3)29(25,26)27;/h17-19,24H,4-16,20H2,1-3H3,(H,25,26,27);/q;+1/p-1. The van der Waals surface area contributed by atoms with E-state index < -0.39 is 15.4 Å². The van der Waals surface area contributed by atoms with E-state index in [0.717, 1.165) is 25.7 Å². The number of hydrogen-bond donors (Lipinski definition) is 0. The van der Waals surface area contributed by atoms with Gasteiger partial charge in [-0.25, -0.2) is 8.42 Å². The summed E-state index contributed by atoms with van der Waals surface area (Å²) in [5, 5.41) is -0.988. The van der Waals surface area contributed by atoms with E-state index in [0.29, 0.717) is 5.75 Å². The molecular formula is C24H41NaO4S. The number of benzene rings is 1. The van der Waals surface area contributed by atoms with Crippen LogP contribution in [0.5, 0.6) is 5.75 Å². The van der Waals surface area contributed by atoms with E-state index in [1.165, 1.54) is 62.5 Å². The fourth-order valence-corrected chi connectivity index (χ4v) is 4.20. The van der Waals surface area contributed by atoms with Gasteiger partial charge in [0.1, 0.15) is 22.5 Å². The summed E-state index contributed by atoms with van der Waals surface area (Å²) in [5.74, 6) is 0.696. The first-order valence-electron chi connectivity index (χ1n) is 11.6. The molecule has 0 radical (unpaired) electrons. The van der Waals surface area contributed by atoms with Crippen LogP contribution in [0.4, 0.5) is 0 Å². The summed E-state index contributed by atoms with van der Waals surface area (Å²) in [7, 11) is -4.33. The molecule has 168 valence electrons. The third-order valence-corrected chi connectivity index (χ3v) is 6.75. The third kappa shape index (κ3) is 13.4. The Labute approximate surface area is 207 Å². The predicted octanol–water partition coefficient (Wildman–Crippen LogP) is 3.42. The number of rotatable bonds is 17. The molecule has 0 bridgehead atoms. The molecule has 0 spiro atoms. The Bertz CT molecular complexity index is 629. The summed E-state index contributed by atoms with van der Waals surface area (Å²) in [4.78, 5) is 0. The summed E-state index contributed by atoms with van der Waals surface area (Å²) in [5.41, 5.74) is 2.50. The van der Waals surface area contributed by atoms with Gasteiger partial charge in [-0.15, -0.1) is 0 Å². The smallest absolute Gasteiger partial charge is 0.748 e. The molecule has 0 amide bonds. The van der Waals surface area contributed by atoms with Gasteiger partial charge in [0.15, 0.2) is 0 Å². The van der Waals surface area contributed by atoms with Crippen LogP contribution in [0.25, 0.3) is 0 Å². The van der Waals surface area contributed by atoms with Crippen molar-refractivity contribution in [3.8, 4) is 5.75 Å². The van der Waals surface area contributed by atoms with Crippen LogP contribution in [0, 0.1) is 0 Å². The summed E-state index contributed by atoms with van der Waals surface area (Å²) in [6.07, 6.45) is 14.7. The molecule has 30 heavy (non-hydrogen) atoms. The molecule has 1 aromatic rings. The van der Waals surface area contributed by atoms with Crippen LogP contribution in [-0.4, -0.2) is 24.8 Å². The SMILES string of the molecule is CCCCCCCc1cc(CCCCCCC)cc(OCC(CC)S(=O)(=O)[O-])c1.[Na+]. The molecule has 4 nitrogen and oxygen atoms in total. The number of ether oxygens (including phenoxy) is 1. The molecule has 0 heterocycles. The molecular weight excluding hydrogens is 407 g/mol. The Kier molecular flexibility index (Phi) is 17.4. The quantitative estimate of drug-likeness (QED) is 0.208. The van der Waals surface area contributed by atoms with Crippen LogP contribution in [0.2, 0.25) is 0 Å². The number of unbranched alkanes of at least 4 members (excludes halogenated alkanes) is 8. The van der Waals surface area contributed by atoms with Gasteiger partial charge in [0.2, 0.25) is 0 Å². The molecule has 0 aliphatic heterocycles. The molecule has 0 N–H and O–H groups in total. The van der Waals surface area contributed by atoms with Crippen LogP contribution >= 0.6 is 0 Å². The molecule has 1 aromatic carbocycles. The maximum absolute atomic E-state index is 11.3. The molecule has 6 heteroatoms. The zero-order chi connectivity index (χ0) is 21.5. The Balaban J connectivity index is 0.00000841. The molecule has 1 atom stereocenters. The number of aryl methyl sites for hydroxylation is 2. The van der Waals surface area contributed by atoms with E-state index >= 15 is 0 Å². The molecule has 0 fully saturated rings. The van der Waals surface area contributed by atoms with Crippen LogP contribution < -0.4 is 34.3 Å². The van der Waals surface area contributed by atoms with Gasteiger partial charge < -0.3 is 9.29 Å².